The SMILES string of the molecule is CC(=O)CN1CNC(C)C1=O. The lowest BCUT2D eigenvalue weighted by atomic mass is 10.3. The predicted octanol–water partition coefficient (Wildman–Crippen LogP) is -0.647. The van der Waals surface area contributed by atoms with Gasteiger partial charge in [-0.25, -0.2) is 0 Å². The van der Waals surface area contributed by atoms with E-state index in [9.17, 15) is 9.59 Å². The molecule has 0 spiro atoms. The number of Topliss-reactive ketones (excluding diaryl/α,β-unsaturated/α-hetero) is 1. The van der Waals surface area contributed by atoms with E-state index >= 15 is 0 Å². The lowest BCUT2D eigenvalue weighted by molar-refractivity contribution is -0.132. The molecule has 1 saturated heterocycles. The van der Waals surface area contributed by atoms with Crippen molar-refractivity contribution < 1.29 is 9.59 Å². The zero-order valence-electron chi connectivity index (χ0n) is 6.76. The molecular formula is C7H12N2O2. The number of amides is 1. The maximum atomic E-state index is 11.2. The van der Waals surface area contributed by atoms with Crippen LogP contribution in [-0.4, -0.2) is 35.8 Å². The van der Waals surface area contributed by atoms with Crippen LogP contribution in [-0.2, 0) is 9.59 Å². The summed E-state index contributed by atoms with van der Waals surface area (Å²) in [5, 5.41) is 2.95. The second kappa shape index (κ2) is 3.00. The van der Waals surface area contributed by atoms with Crippen LogP contribution in [0.25, 0.3) is 0 Å². The summed E-state index contributed by atoms with van der Waals surface area (Å²) in [6.45, 7) is 4.01. The van der Waals surface area contributed by atoms with Crippen LogP contribution in [0, 0.1) is 0 Å². The van der Waals surface area contributed by atoms with Crippen molar-refractivity contribution in [2.45, 2.75) is 19.9 Å². The molecule has 62 valence electrons. The number of nitrogens with one attached hydrogen (secondary N) is 1. The second-order valence-electron chi connectivity index (χ2n) is 2.82. The van der Waals surface area contributed by atoms with Crippen molar-refractivity contribution in [3.63, 3.8) is 0 Å². The third-order valence-corrected chi connectivity index (χ3v) is 1.68. The van der Waals surface area contributed by atoms with Gasteiger partial charge < -0.3 is 4.90 Å². The van der Waals surface area contributed by atoms with Crippen LogP contribution < -0.4 is 5.32 Å². The summed E-state index contributed by atoms with van der Waals surface area (Å²) in [4.78, 5) is 23.3. The van der Waals surface area contributed by atoms with Crippen molar-refractivity contribution in [3.05, 3.63) is 0 Å². The maximum Gasteiger partial charge on any atom is 0.240 e. The summed E-state index contributed by atoms with van der Waals surface area (Å²) in [6, 6.07) is -0.130. The van der Waals surface area contributed by atoms with Crippen LogP contribution in [0.1, 0.15) is 13.8 Å². The number of nitrogens with zero attached hydrogens (tertiary/aromatic N) is 1. The topological polar surface area (TPSA) is 49.4 Å². The van der Waals surface area contributed by atoms with E-state index in [0.717, 1.165) is 0 Å². The van der Waals surface area contributed by atoms with Gasteiger partial charge in [0, 0.05) is 0 Å². The zero-order chi connectivity index (χ0) is 8.43. The van der Waals surface area contributed by atoms with E-state index in [0.29, 0.717) is 6.67 Å². The van der Waals surface area contributed by atoms with Crippen molar-refractivity contribution >= 4 is 11.7 Å². The highest BCUT2D eigenvalue weighted by molar-refractivity contribution is 5.88. The molecule has 0 aromatic rings. The van der Waals surface area contributed by atoms with Gasteiger partial charge in [-0.2, -0.15) is 0 Å². The van der Waals surface area contributed by atoms with Gasteiger partial charge >= 0.3 is 0 Å². The zero-order valence-corrected chi connectivity index (χ0v) is 6.76. The molecule has 0 radical (unpaired) electrons. The van der Waals surface area contributed by atoms with Crippen molar-refractivity contribution in [1.82, 2.24) is 10.2 Å². The molecule has 1 amide bonds. The Balaban J connectivity index is 2.49. The number of hydrogen-bond donors (Lipinski definition) is 1. The number of rotatable bonds is 2. The average Bonchev–Trinajstić information content (AvgIpc) is 2.18. The summed E-state index contributed by atoms with van der Waals surface area (Å²) in [5.74, 6) is 0.0365. The van der Waals surface area contributed by atoms with E-state index in [1.165, 1.54) is 11.8 Å². The summed E-state index contributed by atoms with van der Waals surface area (Å²) in [6.07, 6.45) is 0. The monoisotopic (exact) mass is 156 g/mol. The molecule has 0 bridgehead atoms. The van der Waals surface area contributed by atoms with Gasteiger partial charge in [0.2, 0.25) is 5.91 Å². The summed E-state index contributed by atoms with van der Waals surface area (Å²) in [5.41, 5.74) is 0. The minimum Gasteiger partial charge on any atom is -0.321 e. The van der Waals surface area contributed by atoms with Gasteiger partial charge in [0.05, 0.1) is 19.3 Å². The number of carbonyl (C=O) groups is 2. The lowest BCUT2D eigenvalue weighted by Gasteiger charge is -2.11. The third-order valence-electron chi connectivity index (χ3n) is 1.68. The fourth-order valence-electron chi connectivity index (χ4n) is 1.09. The molecule has 1 N–H and O–H groups in total. The number of carbonyl (C=O) groups excluding carboxylic acids is 2. The van der Waals surface area contributed by atoms with E-state index < -0.39 is 0 Å². The maximum absolute atomic E-state index is 11.2. The first-order valence-electron chi connectivity index (χ1n) is 3.63. The van der Waals surface area contributed by atoms with E-state index in [1.54, 1.807) is 6.92 Å². The van der Waals surface area contributed by atoms with Gasteiger partial charge in [0.1, 0.15) is 5.78 Å². The predicted molar refractivity (Wildman–Crippen MR) is 39.9 cm³/mol. The molecule has 1 unspecified atom stereocenters. The summed E-state index contributed by atoms with van der Waals surface area (Å²) >= 11 is 0. The molecular weight excluding hydrogens is 144 g/mol. The highest BCUT2D eigenvalue weighted by Crippen LogP contribution is 2.01. The van der Waals surface area contributed by atoms with Gasteiger partial charge in [0.15, 0.2) is 0 Å². The number of ketones is 1. The molecule has 1 heterocycles. The first kappa shape index (κ1) is 8.20. The van der Waals surface area contributed by atoms with E-state index in [2.05, 4.69) is 5.32 Å². The fourth-order valence-corrected chi connectivity index (χ4v) is 1.09. The third kappa shape index (κ3) is 1.77. The molecule has 1 aliphatic heterocycles. The van der Waals surface area contributed by atoms with Crippen LogP contribution in [0.4, 0.5) is 0 Å². The molecule has 4 nitrogen and oxygen atoms in total. The quantitative estimate of drug-likeness (QED) is 0.578. The van der Waals surface area contributed by atoms with Crippen molar-refractivity contribution in [3.8, 4) is 0 Å². The van der Waals surface area contributed by atoms with Crippen LogP contribution in [0.5, 0.6) is 0 Å². The van der Waals surface area contributed by atoms with Crippen LogP contribution in [0.2, 0.25) is 0 Å². The highest BCUT2D eigenvalue weighted by atomic mass is 16.2. The Bertz CT molecular complexity index is 191. The molecule has 0 saturated carbocycles. The number of hydrogen-bond acceptors (Lipinski definition) is 3. The van der Waals surface area contributed by atoms with E-state index in [-0.39, 0.29) is 24.3 Å². The van der Waals surface area contributed by atoms with Crippen LogP contribution in [0.15, 0.2) is 0 Å². The normalized spacial score (nSPS) is 24.4. The first-order valence-corrected chi connectivity index (χ1v) is 3.63. The second-order valence-corrected chi connectivity index (χ2v) is 2.82. The molecule has 0 aliphatic carbocycles. The Labute approximate surface area is 65.6 Å². The summed E-state index contributed by atoms with van der Waals surface area (Å²) in [7, 11) is 0. The Kier molecular flexibility index (Phi) is 2.24. The molecule has 1 rings (SSSR count). The average molecular weight is 156 g/mol. The van der Waals surface area contributed by atoms with Gasteiger partial charge in [-0.15, -0.1) is 0 Å². The van der Waals surface area contributed by atoms with E-state index in [1.807, 2.05) is 0 Å². The standard InChI is InChI=1S/C7H12N2O2/c1-5(10)3-9-4-8-6(2)7(9)11/h6,8H,3-4H2,1-2H3. The fraction of sp³-hybridized carbons (Fsp3) is 0.714. The summed E-state index contributed by atoms with van der Waals surface area (Å²) < 4.78 is 0. The molecule has 4 heteroatoms. The highest BCUT2D eigenvalue weighted by Gasteiger charge is 2.27. The van der Waals surface area contributed by atoms with Crippen molar-refractivity contribution in [1.29, 1.82) is 0 Å². The Morgan fingerprint density at radius 2 is 2.45 bits per heavy atom. The van der Waals surface area contributed by atoms with Gasteiger partial charge in [0.25, 0.3) is 0 Å². The minimum atomic E-state index is -0.130. The molecule has 0 aromatic heterocycles. The van der Waals surface area contributed by atoms with Gasteiger partial charge in [-0.3, -0.25) is 14.9 Å². The van der Waals surface area contributed by atoms with Crippen LogP contribution in [0.3, 0.4) is 0 Å². The molecule has 1 fully saturated rings. The molecule has 1 atom stereocenters. The largest absolute Gasteiger partial charge is 0.321 e. The van der Waals surface area contributed by atoms with Crippen molar-refractivity contribution in [2.75, 3.05) is 13.2 Å². The van der Waals surface area contributed by atoms with Gasteiger partial charge in [-0.05, 0) is 13.8 Å². The molecule has 11 heavy (non-hydrogen) atoms. The Morgan fingerprint density at radius 1 is 1.82 bits per heavy atom. The van der Waals surface area contributed by atoms with Gasteiger partial charge in [-0.1, -0.05) is 0 Å². The lowest BCUT2D eigenvalue weighted by Crippen LogP contribution is -2.32. The smallest absolute Gasteiger partial charge is 0.240 e. The van der Waals surface area contributed by atoms with Crippen molar-refractivity contribution in [2.24, 2.45) is 0 Å². The molecule has 1 aliphatic rings. The molecule has 0 aromatic carbocycles. The van der Waals surface area contributed by atoms with E-state index in [4.69, 9.17) is 0 Å². The Hall–Kier alpha value is -0.900. The minimum absolute atomic E-state index is 0.0141. The first-order chi connectivity index (χ1) is 5.11. The Morgan fingerprint density at radius 3 is 2.82 bits per heavy atom. The van der Waals surface area contributed by atoms with Crippen LogP contribution >= 0.6 is 0 Å².